The first-order chi connectivity index (χ1) is 7.02. The van der Waals surface area contributed by atoms with Gasteiger partial charge in [0.25, 0.3) is 0 Å². The minimum Gasteiger partial charge on any atom is -0.481 e. The van der Waals surface area contributed by atoms with Gasteiger partial charge in [-0.3, -0.25) is 14.5 Å². The Hall–Kier alpha value is -1.14. The van der Waals surface area contributed by atoms with Crippen LogP contribution in [0.5, 0.6) is 0 Å². The van der Waals surface area contributed by atoms with Crippen LogP contribution in [0.4, 0.5) is 0 Å². The molecule has 0 bridgehead atoms. The van der Waals surface area contributed by atoms with E-state index >= 15 is 0 Å². The fraction of sp³-hybridized carbons (Fsp3) is 0.778. The molecule has 1 aliphatic rings. The monoisotopic (exact) mass is 216 g/mol. The normalized spacial score (nSPS) is 24.7. The van der Waals surface area contributed by atoms with Crippen LogP contribution >= 0.6 is 0 Å². The maximum atomic E-state index is 11.0. The van der Waals surface area contributed by atoms with Crippen LogP contribution < -0.4 is 5.73 Å². The number of primary amides is 1. The minimum atomic E-state index is -0.896. The van der Waals surface area contributed by atoms with Gasteiger partial charge in [-0.05, 0) is 6.92 Å². The Morgan fingerprint density at radius 2 is 2.33 bits per heavy atom. The van der Waals surface area contributed by atoms with Gasteiger partial charge in [-0.15, -0.1) is 0 Å². The van der Waals surface area contributed by atoms with Crippen LogP contribution in [0, 0.1) is 0 Å². The molecule has 3 N–H and O–H groups in total. The van der Waals surface area contributed by atoms with Crippen molar-refractivity contribution in [3.05, 3.63) is 0 Å². The smallest absolute Gasteiger partial charge is 0.305 e. The van der Waals surface area contributed by atoms with E-state index < -0.39 is 17.9 Å². The lowest BCUT2D eigenvalue weighted by Gasteiger charge is -2.37. The van der Waals surface area contributed by atoms with E-state index in [9.17, 15) is 9.59 Å². The van der Waals surface area contributed by atoms with E-state index in [2.05, 4.69) is 0 Å². The molecule has 1 aliphatic heterocycles. The predicted octanol–water partition coefficient (Wildman–Crippen LogP) is -0.964. The summed E-state index contributed by atoms with van der Waals surface area (Å²) in [5.74, 6) is -1.33. The van der Waals surface area contributed by atoms with Crippen molar-refractivity contribution in [1.82, 2.24) is 4.90 Å². The number of hydrogen-bond acceptors (Lipinski definition) is 4. The highest BCUT2D eigenvalue weighted by atomic mass is 16.5. The summed E-state index contributed by atoms with van der Waals surface area (Å²) >= 11 is 0. The summed E-state index contributed by atoms with van der Waals surface area (Å²) in [7, 11) is 0. The van der Waals surface area contributed by atoms with E-state index in [0.717, 1.165) is 0 Å². The zero-order valence-electron chi connectivity index (χ0n) is 8.68. The molecular formula is C9H16N2O4. The number of carboxylic acids is 1. The van der Waals surface area contributed by atoms with Crippen molar-refractivity contribution < 1.29 is 19.4 Å². The first-order valence-corrected chi connectivity index (χ1v) is 4.87. The Morgan fingerprint density at radius 1 is 1.67 bits per heavy atom. The van der Waals surface area contributed by atoms with Crippen LogP contribution in [0.15, 0.2) is 0 Å². The Labute approximate surface area is 88.0 Å². The molecule has 0 spiro atoms. The number of hydrogen-bond donors (Lipinski definition) is 2. The summed E-state index contributed by atoms with van der Waals surface area (Å²) in [4.78, 5) is 23.4. The summed E-state index contributed by atoms with van der Waals surface area (Å²) in [6, 6.07) is -0.711. The zero-order chi connectivity index (χ0) is 11.4. The summed E-state index contributed by atoms with van der Waals surface area (Å²) in [6.07, 6.45) is -0.0301. The van der Waals surface area contributed by atoms with Crippen LogP contribution in [0.2, 0.25) is 0 Å². The third-order valence-corrected chi connectivity index (χ3v) is 2.59. The topological polar surface area (TPSA) is 92.9 Å². The number of nitrogens with two attached hydrogens (primary N) is 1. The molecule has 6 heteroatoms. The Kier molecular flexibility index (Phi) is 4.05. The van der Waals surface area contributed by atoms with Gasteiger partial charge in [-0.1, -0.05) is 0 Å². The minimum absolute atomic E-state index is 0.0301. The van der Waals surface area contributed by atoms with Gasteiger partial charge < -0.3 is 15.6 Å². The number of aliphatic carboxylic acids is 1. The largest absolute Gasteiger partial charge is 0.481 e. The van der Waals surface area contributed by atoms with Gasteiger partial charge >= 0.3 is 5.97 Å². The lowest BCUT2D eigenvalue weighted by molar-refractivity contribution is -0.142. The number of morpholine rings is 1. The summed E-state index contributed by atoms with van der Waals surface area (Å²) in [5, 5.41) is 8.71. The van der Waals surface area contributed by atoms with E-state index in [-0.39, 0.29) is 12.5 Å². The highest BCUT2D eigenvalue weighted by Crippen LogP contribution is 2.14. The number of amides is 1. The number of ether oxygens (including phenoxy) is 1. The van der Waals surface area contributed by atoms with Gasteiger partial charge in [0.15, 0.2) is 0 Å². The Morgan fingerprint density at radius 3 is 2.87 bits per heavy atom. The average Bonchev–Trinajstić information content (AvgIpc) is 2.16. The van der Waals surface area contributed by atoms with Crippen LogP contribution in [-0.4, -0.2) is 53.7 Å². The summed E-state index contributed by atoms with van der Waals surface area (Å²) in [6.45, 7) is 3.07. The van der Waals surface area contributed by atoms with Gasteiger partial charge in [0.05, 0.1) is 25.7 Å². The van der Waals surface area contributed by atoms with Crippen molar-refractivity contribution >= 4 is 11.9 Å². The molecule has 0 saturated carbocycles. The summed E-state index contributed by atoms with van der Waals surface area (Å²) < 4.78 is 5.19. The van der Waals surface area contributed by atoms with Gasteiger partial charge in [-0.25, -0.2) is 0 Å². The highest BCUT2D eigenvalue weighted by molar-refractivity contribution is 5.79. The SMILES string of the molecule is CC(C(N)=O)N1CCOCC1CC(=O)O. The van der Waals surface area contributed by atoms with Gasteiger partial charge in [0.1, 0.15) is 0 Å². The molecule has 0 aliphatic carbocycles. The van der Waals surface area contributed by atoms with E-state index in [1.165, 1.54) is 0 Å². The molecule has 0 aromatic heterocycles. The van der Waals surface area contributed by atoms with Crippen molar-refractivity contribution in [1.29, 1.82) is 0 Å². The number of carbonyl (C=O) groups excluding carboxylic acids is 1. The molecule has 1 saturated heterocycles. The van der Waals surface area contributed by atoms with Crippen LogP contribution in [0.3, 0.4) is 0 Å². The van der Waals surface area contributed by atoms with Gasteiger partial charge in [-0.2, -0.15) is 0 Å². The standard InChI is InChI=1S/C9H16N2O4/c1-6(9(10)14)11-2-3-15-5-7(11)4-8(12)13/h6-7H,2-5H2,1H3,(H2,10,14)(H,12,13). The van der Waals surface area contributed by atoms with Crippen LogP contribution in [0.25, 0.3) is 0 Å². The van der Waals surface area contributed by atoms with Crippen LogP contribution in [0.1, 0.15) is 13.3 Å². The molecule has 1 heterocycles. The molecule has 1 rings (SSSR count). The number of nitrogens with zero attached hydrogens (tertiary/aromatic N) is 1. The van der Waals surface area contributed by atoms with Gasteiger partial charge in [0.2, 0.25) is 5.91 Å². The molecule has 0 aromatic carbocycles. The number of rotatable bonds is 4. The van der Waals surface area contributed by atoms with E-state index in [4.69, 9.17) is 15.6 Å². The van der Waals surface area contributed by atoms with E-state index in [1.807, 2.05) is 0 Å². The third kappa shape index (κ3) is 3.17. The lowest BCUT2D eigenvalue weighted by Crippen LogP contribution is -2.54. The molecule has 1 amide bonds. The fourth-order valence-electron chi connectivity index (χ4n) is 1.72. The van der Waals surface area contributed by atoms with Crippen molar-refractivity contribution in [3.8, 4) is 0 Å². The molecule has 6 nitrogen and oxygen atoms in total. The maximum Gasteiger partial charge on any atom is 0.305 e. The Balaban J connectivity index is 2.64. The van der Waals surface area contributed by atoms with E-state index in [1.54, 1.807) is 11.8 Å². The second-order valence-corrected chi connectivity index (χ2v) is 3.64. The highest BCUT2D eigenvalue weighted by Gasteiger charge is 2.30. The average molecular weight is 216 g/mol. The van der Waals surface area contributed by atoms with Crippen molar-refractivity contribution in [2.24, 2.45) is 5.73 Å². The first kappa shape index (κ1) is 11.9. The molecule has 15 heavy (non-hydrogen) atoms. The molecule has 0 aromatic rings. The van der Waals surface area contributed by atoms with E-state index in [0.29, 0.717) is 19.8 Å². The molecule has 1 fully saturated rings. The quantitative estimate of drug-likeness (QED) is 0.631. The second kappa shape index (κ2) is 5.09. The third-order valence-electron chi connectivity index (χ3n) is 2.59. The Bertz CT molecular complexity index is 256. The first-order valence-electron chi connectivity index (χ1n) is 4.87. The summed E-state index contributed by atoms with van der Waals surface area (Å²) in [5.41, 5.74) is 5.19. The maximum absolute atomic E-state index is 11.0. The lowest BCUT2D eigenvalue weighted by atomic mass is 10.1. The molecule has 86 valence electrons. The molecule has 2 atom stereocenters. The number of carboxylic acid groups (broad SMARTS) is 1. The van der Waals surface area contributed by atoms with Crippen molar-refractivity contribution in [2.75, 3.05) is 19.8 Å². The zero-order valence-corrected chi connectivity index (χ0v) is 8.68. The van der Waals surface area contributed by atoms with Crippen molar-refractivity contribution in [2.45, 2.75) is 25.4 Å². The number of carbonyl (C=O) groups is 2. The van der Waals surface area contributed by atoms with Gasteiger partial charge in [0, 0.05) is 12.6 Å². The van der Waals surface area contributed by atoms with Crippen LogP contribution in [-0.2, 0) is 14.3 Å². The van der Waals surface area contributed by atoms with Crippen molar-refractivity contribution in [3.63, 3.8) is 0 Å². The second-order valence-electron chi connectivity index (χ2n) is 3.64. The predicted molar refractivity (Wildman–Crippen MR) is 52.2 cm³/mol. The molecule has 2 unspecified atom stereocenters. The molecular weight excluding hydrogens is 200 g/mol. The molecule has 0 radical (unpaired) electrons. The fourth-order valence-corrected chi connectivity index (χ4v) is 1.72.